The van der Waals surface area contributed by atoms with Crippen molar-refractivity contribution in [3.05, 3.63) is 28.5 Å². The van der Waals surface area contributed by atoms with Gasteiger partial charge in [-0.15, -0.1) is 0 Å². The van der Waals surface area contributed by atoms with Crippen LogP contribution in [0.5, 0.6) is 5.75 Å². The second-order valence-electron chi connectivity index (χ2n) is 5.95. The molecule has 1 saturated carbocycles. The molecular formula is C16H18BrF4NO2. The highest BCUT2D eigenvalue weighted by atomic mass is 79.9. The summed E-state index contributed by atoms with van der Waals surface area (Å²) in [5, 5.41) is 2.62. The Balaban J connectivity index is 1.91. The summed E-state index contributed by atoms with van der Waals surface area (Å²) in [7, 11) is 0. The minimum absolute atomic E-state index is 0.102. The molecule has 24 heavy (non-hydrogen) atoms. The van der Waals surface area contributed by atoms with Gasteiger partial charge in [-0.05, 0) is 60.3 Å². The minimum Gasteiger partial charge on any atom is -0.480 e. The van der Waals surface area contributed by atoms with Crippen LogP contribution in [0.4, 0.5) is 17.6 Å². The number of ether oxygens (including phenoxy) is 1. The predicted molar refractivity (Wildman–Crippen MR) is 84.1 cm³/mol. The second-order valence-corrected chi connectivity index (χ2v) is 6.80. The first-order valence-electron chi connectivity index (χ1n) is 7.65. The van der Waals surface area contributed by atoms with Crippen molar-refractivity contribution < 1.29 is 27.1 Å². The van der Waals surface area contributed by atoms with E-state index in [4.69, 9.17) is 4.74 Å². The minimum atomic E-state index is -4.23. The van der Waals surface area contributed by atoms with Crippen LogP contribution in [0, 0.1) is 11.7 Å². The Bertz CT molecular complexity index is 594. The Hall–Kier alpha value is -1.31. The van der Waals surface area contributed by atoms with Crippen LogP contribution in [-0.4, -0.2) is 24.2 Å². The summed E-state index contributed by atoms with van der Waals surface area (Å²) in [6.07, 6.45) is -4.20. The zero-order valence-corrected chi connectivity index (χ0v) is 14.6. The van der Waals surface area contributed by atoms with E-state index in [1.165, 1.54) is 25.1 Å². The van der Waals surface area contributed by atoms with Crippen LogP contribution in [0.25, 0.3) is 0 Å². The lowest BCUT2D eigenvalue weighted by atomic mass is 9.85. The fraction of sp³-hybridized carbons (Fsp3) is 0.562. The third kappa shape index (κ3) is 5.09. The number of rotatable bonds is 4. The molecule has 3 nitrogen and oxygen atoms in total. The summed E-state index contributed by atoms with van der Waals surface area (Å²) in [6.45, 7) is 1.50. The van der Waals surface area contributed by atoms with Crippen LogP contribution in [0.1, 0.15) is 32.6 Å². The molecule has 8 heteroatoms. The van der Waals surface area contributed by atoms with Gasteiger partial charge in [0.2, 0.25) is 0 Å². The Labute approximate surface area is 145 Å². The van der Waals surface area contributed by atoms with Crippen molar-refractivity contribution in [3.8, 4) is 5.75 Å². The van der Waals surface area contributed by atoms with E-state index in [1.54, 1.807) is 0 Å². The summed E-state index contributed by atoms with van der Waals surface area (Å²) in [6, 6.07) is 3.26. The Morgan fingerprint density at radius 2 is 2.08 bits per heavy atom. The first-order chi connectivity index (χ1) is 11.2. The zero-order chi connectivity index (χ0) is 17.9. The smallest absolute Gasteiger partial charge is 0.391 e. The van der Waals surface area contributed by atoms with Gasteiger partial charge in [-0.25, -0.2) is 4.39 Å². The van der Waals surface area contributed by atoms with Crippen LogP contribution in [-0.2, 0) is 4.79 Å². The van der Waals surface area contributed by atoms with E-state index < -0.39 is 36.0 Å². The molecule has 2 rings (SSSR count). The van der Waals surface area contributed by atoms with Crippen LogP contribution >= 0.6 is 15.9 Å². The van der Waals surface area contributed by atoms with Gasteiger partial charge in [0.25, 0.3) is 5.91 Å². The number of carbonyl (C=O) groups is 1. The van der Waals surface area contributed by atoms with Gasteiger partial charge in [0.05, 0.1) is 10.4 Å². The fourth-order valence-corrected chi connectivity index (χ4v) is 3.20. The monoisotopic (exact) mass is 411 g/mol. The van der Waals surface area contributed by atoms with E-state index in [9.17, 15) is 22.4 Å². The third-order valence-electron chi connectivity index (χ3n) is 4.05. The van der Waals surface area contributed by atoms with Crippen molar-refractivity contribution in [2.45, 2.75) is 50.9 Å². The van der Waals surface area contributed by atoms with Crippen molar-refractivity contribution in [2.75, 3.05) is 0 Å². The molecule has 0 bridgehead atoms. The lowest BCUT2D eigenvalue weighted by molar-refractivity contribution is -0.184. The van der Waals surface area contributed by atoms with Gasteiger partial charge in [0.1, 0.15) is 11.6 Å². The molecular weight excluding hydrogens is 394 g/mol. The maximum absolute atomic E-state index is 13.0. The number of nitrogens with one attached hydrogen (secondary N) is 1. The van der Waals surface area contributed by atoms with Crippen molar-refractivity contribution in [2.24, 2.45) is 5.92 Å². The van der Waals surface area contributed by atoms with Gasteiger partial charge in [0.15, 0.2) is 6.10 Å². The lowest BCUT2D eigenvalue weighted by Crippen LogP contribution is -2.46. The maximum atomic E-state index is 13.0. The molecule has 134 valence electrons. The van der Waals surface area contributed by atoms with Crippen LogP contribution in [0.3, 0.4) is 0 Å². The molecule has 1 fully saturated rings. The molecule has 0 aromatic heterocycles. The molecule has 3 atom stereocenters. The molecule has 1 amide bonds. The largest absolute Gasteiger partial charge is 0.480 e. The van der Waals surface area contributed by atoms with E-state index in [2.05, 4.69) is 21.2 Å². The number of alkyl halides is 3. The van der Waals surface area contributed by atoms with Crippen molar-refractivity contribution in [1.82, 2.24) is 5.32 Å². The average molecular weight is 412 g/mol. The zero-order valence-electron chi connectivity index (χ0n) is 13.0. The Kier molecular flexibility index (Phi) is 6.11. The number of halogens is 5. The number of benzene rings is 1. The summed E-state index contributed by atoms with van der Waals surface area (Å²) >= 11 is 3.13. The van der Waals surface area contributed by atoms with Crippen molar-refractivity contribution in [3.63, 3.8) is 0 Å². The van der Waals surface area contributed by atoms with Gasteiger partial charge in [-0.1, -0.05) is 6.42 Å². The van der Waals surface area contributed by atoms with Crippen LogP contribution in [0.15, 0.2) is 22.7 Å². The van der Waals surface area contributed by atoms with E-state index in [1.807, 2.05) is 0 Å². The van der Waals surface area contributed by atoms with E-state index in [0.717, 1.165) is 0 Å². The standard InChI is InChI=1S/C16H18BrF4NO2/c1-9(24-14-6-5-11(18)8-13(14)17)15(23)22-12-4-2-3-10(7-12)16(19,20)21/h5-6,8-10,12H,2-4,7H2,1H3,(H,22,23). The first-order valence-corrected chi connectivity index (χ1v) is 8.45. The molecule has 0 saturated heterocycles. The van der Waals surface area contributed by atoms with E-state index >= 15 is 0 Å². The molecule has 0 spiro atoms. The molecule has 3 unspecified atom stereocenters. The topological polar surface area (TPSA) is 38.3 Å². The molecule has 1 N–H and O–H groups in total. The quantitative estimate of drug-likeness (QED) is 0.735. The van der Waals surface area contributed by atoms with Gasteiger partial charge < -0.3 is 10.1 Å². The summed E-state index contributed by atoms with van der Waals surface area (Å²) in [5.41, 5.74) is 0. The molecule has 1 aliphatic rings. The van der Waals surface area contributed by atoms with Gasteiger partial charge >= 0.3 is 6.18 Å². The second kappa shape index (κ2) is 7.72. The number of hydrogen-bond donors (Lipinski definition) is 1. The van der Waals surface area contributed by atoms with E-state index in [-0.39, 0.29) is 18.6 Å². The number of hydrogen-bond acceptors (Lipinski definition) is 2. The molecule has 1 aliphatic carbocycles. The van der Waals surface area contributed by atoms with Crippen LogP contribution < -0.4 is 10.1 Å². The molecule has 0 heterocycles. The van der Waals surface area contributed by atoms with Crippen LogP contribution in [0.2, 0.25) is 0 Å². The highest BCUT2D eigenvalue weighted by molar-refractivity contribution is 9.10. The average Bonchev–Trinajstić information content (AvgIpc) is 2.49. The fourth-order valence-electron chi connectivity index (χ4n) is 2.75. The Morgan fingerprint density at radius 1 is 1.38 bits per heavy atom. The Morgan fingerprint density at radius 3 is 2.71 bits per heavy atom. The number of amides is 1. The summed E-state index contributed by atoms with van der Waals surface area (Å²) < 4.78 is 57.2. The third-order valence-corrected chi connectivity index (χ3v) is 4.67. The molecule has 0 radical (unpaired) electrons. The maximum Gasteiger partial charge on any atom is 0.391 e. The molecule has 0 aliphatic heterocycles. The predicted octanol–water partition coefficient (Wildman–Crippen LogP) is 4.59. The molecule has 1 aromatic carbocycles. The summed E-state index contributed by atoms with van der Waals surface area (Å²) in [4.78, 5) is 12.1. The lowest BCUT2D eigenvalue weighted by Gasteiger charge is -2.31. The van der Waals surface area contributed by atoms with Crippen molar-refractivity contribution in [1.29, 1.82) is 0 Å². The normalized spacial score (nSPS) is 22.8. The molecule has 1 aromatic rings. The van der Waals surface area contributed by atoms with Gasteiger partial charge in [0, 0.05) is 6.04 Å². The number of carbonyl (C=O) groups excluding carboxylic acids is 1. The highest BCUT2D eigenvalue weighted by Gasteiger charge is 2.42. The summed E-state index contributed by atoms with van der Waals surface area (Å²) in [5.74, 6) is -2.03. The SMILES string of the molecule is CC(Oc1ccc(F)cc1Br)C(=O)NC1CCCC(C(F)(F)F)C1. The van der Waals surface area contributed by atoms with Gasteiger partial charge in [-0.3, -0.25) is 4.79 Å². The highest BCUT2D eigenvalue weighted by Crippen LogP contribution is 2.37. The van der Waals surface area contributed by atoms with Crippen molar-refractivity contribution >= 4 is 21.8 Å². The first kappa shape index (κ1) is 19.0. The van der Waals surface area contributed by atoms with E-state index in [0.29, 0.717) is 17.3 Å². The van der Waals surface area contributed by atoms with Gasteiger partial charge in [-0.2, -0.15) is 13.2 Å².